The van der Waals surface area contributed by atoms with Gasteiger partial charge in [0.1, 0.15) is 11.6 Å². The Bertz CT molecular complexity index is 514. The molecule has 4 rings (SSSR count). The molecule has 2 bridgehead atoms. The van der Waals surface area contributed by atoms with Crippen molar-refractivity contribution in [2.45, 2.75) is 37.8 Å². The second-order valence-corrected chi connectivity index (χ2v) is 5.61. The molecule has 1 aromatic rings. The molecule has 2 atom stereocenters. The SMILES string of the molecule is CC12CCC(C(=O)N1)N(CCc1ccccc1)C2=O. The van der Waals surface area contributed by atoms with Crippen molar-refractivity contribution in [1.29, 1.82) is 0 Å². The van der Waals surface area contributed by atoms with Crippen LogP contribution in [0.25, 0.3) is 0 Å². The number of hydrogen-bond donors (Lipinski definition) is 1. The third kappa shape index (κ3) is 2.01. The van der Waals surface area contributed by atoms with Gasteiger partial charge in [0.25, 0.3) is 0 Å². The molecule has 4 heteroatoms. The van der Waals surface area contributed by atoms with Gasteiger partial charge < -0.3 is 10.2 Å². The maximum Gasteiger partial charge on any atom is 0.248 e. The Labute approximate surface area is 112 Å². The maximum atomic E-state index is 12.4. The number of benzene rings is 1. The zero-order valence-electron chi connectivity index (χ0n) is 11.1. The van der Waals surface area contributed by atoms with Crippen molar-refractivity contribution in [3.8, 4) is 0 Å². The van der Waals surface area contributed by atoms with Crippen molar-refractivity contribution in [2.75, 3.05) is 6.54 Å². The van der Waals surface area contributed by atoms with Crippen molar-refractivity contribution in [3.05, 3.63) is 35.9 Å². The van der Waals surface area contributed by atoms with Crippen molar-refractivity contribution < 1.29 is 9.59 Å². The molecule has 19 heavy (non-hydrogen) atoms. The van der Waals surface area contributed by atoms with E-state index >= 15 is 0 Å². The van der Waals surface area contributed by atoms with Gasteiger partial charge in [0.05, 0.1) is 0 Å². The van der Waals surface area contributed by atoms with E-state index in [-0.39, 0.29) is 17.9 Å². The lowest BCUT2D eigenvalue weighted by Gasteiger charge is -2.49. The number of hydrogen-bond acceptors (Lipinski definition) is 2. The van der Waals surface area contributed by atoms with Gasteiger partial charge in [0.2, 0.25) is 11.8 Å². The van der Waals surface area contributed by atoms with Crippen LogP contribution in [0.1, 0.15) is 25.3 Å². The first-order valence-electron chi connectivity index (χ1n) is 6.77. The number of rotatable bonds is 3. The minimum atomic E-state index is -0.678. The Morgan fingerprint density at radius 1 is 1.32 bits per heavy atom. The van der Waals surface area contributed by atoms with Gasteiger partial charge >= 0.3 is 0 Å². The average molecular weight is 258 g/mol. The van der Waals surface area contributed by atoms with E-state index in [1.165, 1.54) is 5.56 Å². The molecule has 3 saturated heterocycles. The van der Waals surface area contributed by atoms with Crippen LogP contribution in [0.2, 0.25) is 0 Å². The fourth-order valence-corrected chi connectivity index (χ4v) is 3.04. The zero-order valence-corrected chi connectivity index (χ0v) is 11.1. The van der Waals surface area contributed by atoms with Crippen LogP contribution in [0.3, 0.4) is 0 Å². The molecule has 4 nitrogen and oxygen atoms in total. The first kappa shape index (κ1) is 12.2. The van der Waals surface area contributed by atoms with Gasteiger partial charge in [-0.2, -0.15) is 0 Å². The predicted octanol–water partition coefficient (Wildman–Crippen LogP) is 1.11. The molecule has 3 aliphatic rings. The summed E-state index contributed by atoms with van der Waals surface area (Å²) in [6.07, 6.45) is 2.33. The normalized spacial score (nSPS) is 29.5. The molecular formula is C15H18N2O2. The fourth-order valence-electron chi connectivity index (χ4n) is 3.04. The largest absolute Gasteiger partial charge is 0.340 e. The number of carbonyl (C=O) groups is 2. The fraction of sp³-hybridized carbons (Fsp3) is 0.467. The van der Waals surface area contributed by atoms with E-state index in [0.717, 1.165) is 19.3 Å². The Morgan fingerprint density at radius 3 is 2.74 bits per heavy atom. The van der Waals surface area contributed by atoms with Crippen LogP contribution in [-0.2, 0) is 16.0 Å². The smallest absolute Gasteiger partial charge is 0.248 e. The Balaban J connectivity index is 1.74. The van der Waals surface area contributed by atoms with Crippen molar-refractivity contribution in [1.82, 2.24) is 10.2 Å². The first-order chi connectivity index (χ1) is 9.10. The molecule has 2 unspecified atom stereocenters. The van der Waals surface area contributed by atoms with Gasteiger partial charge in [-0.3, -0.25) is 9.59 Å². The Morgan fingerprint density at radius 2 is 2.05 bits per heavy atom. The van der Waals surface area contributed by atoms with E-state index in [9.17, 15) is 9.59 Å². The van der Waals surface area contributed by atoms with Gasteiger partial charge in [0.15, 0.2) is 0 Å². The first-order valence-corrected chi connectivity index (χ1v) is 6.77. The van der Waals surface area contributed by atoms with Crippen LogP contribution in [0.15, 0.2) is 30.3 Å². The second-order valence-electron chi connectivity index (χ2n) is 5.61. The summed E-state index contributed by atoms with van der Waals surface area (Å²) in [4.78, 5) is 26.1. The van der Waals surface area contributed by atoms with Crippen molar-refractivity contribution in [2.24, 2.45) is 0 Å². The van der Waals surface area contributed by atoms with Crippen LogP contribution >= 0.6 is 0 Å². The minimum Gasteiger partial charge on any atom is -0.340 e. The highest BCUT2D eigenvalue weighted by atomic mass is 16.2. The van der Waals surface area contributed by atoms with Gasteiger partial charge in [0, 0.05) is 6.54 Å². The number of piperidine rings is 2. The molecular weight excluding hydrogens is 240 g/mol. The predicted molar refractivity (Wildman–Crippen MR) is 71.4 cm³/mol. The highest BCUT2D eigenvalue weighted by molar-refractivity contribution is 6.01. The summed E-state index contributed by atoms with van der Waals surface area (Å²) >= 11 is 0. The zero-order chi connectivity index (χ0) is 13.5. The number of nitrogens with one attached hydrogen (secondary N) is 1. The van der Waals surface area contributed by atoms with Crippen LogP contribution in [-0.4, -0.2) is 34.8 Å². The molecule has 0 spiro atoms. The molecule has 100 valence electrons. The molecule has 1 N–H and O–H groups in total. The molecule has 0 aliphatic carbocycles. The van der Waals surface area contributed by atoms with E-state index < -0.39 is 5.54 Å². The maximum absolute atomic E-state index is 12.4. The van der Waals surface area contributed by atoms with Crippen LogP contribution in [0.4, 0.5) is 0 Å². The lowest BCUT2D eigenvalue weighted by Crippen LogP contribution is -2.73. The third-order valence-corrected chi connectivity index (χ3v) is 4.21. The monoisotopic (exact) mass is 258 g/mol. The molecule has 0 aromatic heterocycles. The average Bonchev–Trinajstić information content (AvgIpc) is 2.41. The lowest BCUT2D eigenvalue weighted by molar-refractivity contribution is -0.160. The van der Waals surface area contributed by atoms with E-state index in [0.29, 0.717) is 6.54 Å². The van der Waals surface area contributed by atoms with Gasteiger partial charge in [-0.1, -0.05) is 30.3 Å². The van der Waals surface area contributed by atoms with Gasteiger partial charge in [-0.05, 0) is 31.7 Å². The summed E-state index contributed by atoms with van der Waals surface area (Å²) in [7, 11) is 0. The summed E-state index contributed by atoms with van der Waals surface area (Å²) in [5, 5.41) is 2.84. The van der Waals surface area contributed by atoms with Crippen LogP contribution < -0.4 is 5.32 Å². The van der Waals surface area contributed by atoms with E-state index in [1.807, 2.05) is 25.1 Å². The van der Waals surface area contributed by atoms with Crippen LogP contribution in [0, 0.1) is 0 Å². The molecule has 0 saturated carbocycles. The van der Waals surface area contributed by atoms with E-state index in [4.69, 9.17) is 0 Å². The molecule has 3 aliphatic heterocycles. The molecule has 3 heterocycles. The van der Waals surface area contributed by atoms with E-state index in [2.05, 4.69) is 17.4 Å². The summed E-state index contributed by atoms with van der Waals surface area (Å²) in [6, 6.07) is 9.80. The summed E-state index contributed by atoms with van der Waals surface area (Å²) in [5.74, 6) is 0.0701. The van der Waals surface area contributed by atoms with Gasteiger partial charge in [-0.25, -0.2) is 0 Å². The Kier molecular flexibility index (Phi) is 2.81. The number of fused-ring (bicyclic) bond motifs is 3. The minimum absolute atomic E-state index is 0.00131. The number of amides is 2. The summed E-state index contributed by atoms with van der Waals surface area (Å²) < 4.78 is 0. The number of piperazine rings is 1. The van der Waals surface area contributed by atoms with E-state index in [1.54, 1.807) is 4.90 Å². The standard InChI is InChI=1S/C15H18N2O2/c1-15-9-7-12(13(18)16-15)17(14(15)19)10-8-11-5-3-2-4-6-11/h2-6,12H,7-10H2,1H3,(H,16,18). The van der Waals surface area contributed by atoms with Gasteiger partial charge in [-0.15, -0.1) is 0 Å². The highest BCUT2D eigenvalue weighted by Crippen LogP contribution is 2.32. The van der Waals surface area contributed by atoms with Crippen molar-refractivity contribution >= 4 is 11.8 Å². The molecule has 0 radical (unpaired) electrons. The molecule has 2 amide bonds. The second kappa shape index (κ2) is 4.37. The summed E-state index contributed by atoms with van der Waals surface area (Å²) in [6.45, 7) is 2.45. The highest BCUT2D eigenvalue weighted by Gasteiger charge is 2.52. The lowest BCUT2D eigenvalue weighted by atomic mass is 9.81. The third-order valence-electron chi connectivity index (χ3n) is 4.21. The molecule has 1 aromatic carbocycles. The summed E-state index contributed by atoms with van der Waals surface area (Å²) in [5.41, 5.74) is 0.519. The van der Waals surface area contributed by atoms with Crippen molar-refractivity contribution in [3.63, 3.8) is 0 Å². The topological polar surface area (TPSA) is 49.4 Å². The molecule has 3 fully saturated rings. The number of nitrogens with zero attached hydrogens (tertiary/aromatic N) is 1. The van der Waals surface area contributed by atoms with Crippen LogP contribution in [0.5, 0.6) is 0 Å². The quantitative estimate of drug-likeness (QED) is 0.883. The number of carbonyl (C=O) groups excluding carboxylic acids is 2. The Hall–Kier alpha value is -1.84.